The number of hydrogen-bond acceptors (Lipinski definition) is 5. The summed E-state index contributed by atoms with van der Waals surface area (Å²) in [7, 11) is 0. The molecule has 1 unspecified atom stereocenters. The molecule has 1 aliphatic heterocycles. The minimum Gasteiger partial charge on any atom is -0.388 e. The number of rotatable bonds is 5. The molecule has 1 aliphatic rings. The number of nitro groups is 1. The smallest absolute Gasteiger partial charge is 0.304 e. The van der Waals surface area contributed by atoms with E-state index in [-0.39, 0.29) is 10.6 Å². The van der Waals surface area contributed by atoms with E-state index in [4.69, 9.17) is 0 Å². The summed E-state index contributed by atoms with van der Waals surface area (Å²) in [4.78, 5) is 13.6. The van der Waals surface area contributed by atoms with Gasteiger partial charge in [0.1, 0.15) is 0 Å². The van der Waals surface area contributed by atoms with Gasteiger partial charge in [0.25, 0.3) is 0 Å². The number of aliphatic hydroxyl groups is 1. The average molecular weight is 284 g/mol. The van der Waals surface area contributed by atoms with Crippen LogP contribution in [0, 0.1) is 16.0 Å². The highest BCUT2D eigenvalue weighted by atomic mass is 32.1. The summed E-state index contributed by atoms with van der Waals surface area (Å²) >= 11 is 1.35. The lowest BCUT2D eigenvalue weighted by Gasteiger charge is -2.15. The Morgan fingerprint density at radius 2 is 2.42 bits per heavy atom. The molecule has 1 fully saturated rings. The molecule has 0 saturated carbocycles. The molecule has 106 valence electrons. The summed E-state index contributed by atoms with van der Waals surface area (Å²) in [6.45, 7) is 5.59. The minimum absolute atomic E-state index is 0.137. The van der Waals surface area contributed by atoms with Gasteiger partial charge in [0.2, 0.25) is 0 Å². The van der Waals surface area contributed by atoms with Crippen molar-refractivity contribution in [3.63, 3.8) is 0 Å². The van der Waals surface area contributed by atoms with Crippen LogP contribution in [-0.2, 0) is 0 Å². The zero-order valence-electron chi connectivity index (χ0n) is 11.3. The number of thiophene rings is 1. The second-order valence-electron chi connectivity index (χ2n) is 5.16. The van der Waals surface area contributed by atoms with E-state index >= 15 is 0 Å². The summed E-state index contributed by atoms with van der Waals surface area (Å²) < 4.78 is 0. The minimum atomic E-state index is -0.647. The Balaban J connectivity index is 2.21. The van der Waals surface area contributed by atoms with Crippen LogP contribution < -0.4 is 4.90 Å². The fraction of sp³-hybridized carbons (Fsp3) is 0.692. The molecule has 1 aromatic rings. The molecule has 0 bridgehead atoms. The van der Waals surface area contributed by atoms with Crippen molar-refractivity contribution in [2.45, 2.75) is 39.2 Å². The fourth-order valence-corrected chi connectivity index (χ4v) is 3.71. The lowest BCUT2D eigenvalue weighted by atomic mass is 10.0. The van der Waals surface area contributed by atoms with Crippen LogP contribution >= 0.6 is 11.3 Å². The average Bonchev–Trinajstić information content (AvgIpc) is 2.94. The van der Waals surface area contributed by atoms with Gasteiger partial charge in [-0.3, -0.25) is 10.1 Å². The summed E-state index contributed by atoms with van der Waals surface area (Å²) in [5.74, 6) is 0.640. The van der Waals surface area contributed by atoms with E-state index in [1.165, 1.54) is 23.8 Å². The van der Waals surface area contributed by atoms with Crippen molar-refractivity contribution in [1.29, 1.82) is 0 Å². The van der Waals surface area contributed by atoms with Crippen LogP contribution in [0.15, 0.2) is 6.07 Å². The summed E-state index contributed by atoms with van der Waals surface area (Å²) in [6, 6.07) is 1.51. The van der Waals surface area contributed by atoms with Crippen molar-refractivity contribution in [3.05, 3.63) is 21.1 Å². The van der Waals surface area contributed by atoms with Gasteiger partial charge in [-0.15, -0.1) is 11.3 Å². The Kier molecular flexibility index (Phi) is 4.42. The van der Waals surface area contributed by atoms with E-state index in [1.807, 2.05) is 0 Å². The maximum absolute atomic E-state index is 11.1. The van der Waals surface area contributed by atoms with Crippen LogP contribution in [0.25, 0.3) is 0 Å². The van der Waals surface area contributed by atoms with Crippen molar-refractivity contribution >= 4 is 22.0 Å². The molecule has 5 nitrogen and oxygen atoms in total. The normalized spacial score (nSPS) is 20.8. The second-order valence-corrected chi connectivity index (χ2v) is 6.22. The quantitative estimate of drug-likeness (QED) is 0.665. The predicted octanol–water partition coefficient (Wildman–Crippen LogP) is 3.34. The predicted molar refractivity (Wildman–Crippen MR) is 76.8 cm³/mol. The third kappa shape index (κ3) is 3.06. The lowest BCUT2D eigenvalue weighted by Crippen LogP contribution is -2.19. The number of anilines is 1. The van der Waals surface area contributed by atoms with E-state index in [9.17, 15) is 15.2 Å². The van der Waals surface area contributed by atoms with Gasteiger partial charge in [-0.1, -0.05) is 13.3 Å². The van der Waals surface area contributed by atoms with Crippen molar-refractivity contribution in [2.24, 2.45) is 5.92 Å². The van der Waals surface area contributed by atoms with Crippen molar-refractivity contribution < 1.29 is 10.0 Å². The molecule has 0 aromatic carbocycles. The Hall–Kier alpha value is -1.14. The molecule has 0 radical (unpaired) electrons. The van der Waals surface area contributed by atoms with E-state index in [0.29, 0.717) is 15.8 Å². The molecule has 0 spiro atoms. The monoisotopic (exact) mass is 284 g/mol. The van der Waals surface area contributed by atoms with E-state index in [2.05, 4.69) is 11.8 Å². The third-order valence-electron chi connectivity index (χ3n) is 3.59. The van der Waals surface area contributed by atoms with Gasteiger partial charge in [0.05, 0.1) is 11.0 Å². The SMILES string of the molecule is CCCC1CCN(c2sc([C@H](C)O)cc2[N+](=O)[O-])C1. The van der Waals surface area contributed by atoms with Crippen molar-refractivity contribution in [3.8, 4) is 0 Å². The summed E-state index contributed by atoms with van der Waals surface area (Å²) in [6.07, 6.45) is 2.79. The molecule has 2 heterocycles. The highest BCUT2D eigenvalue weighted by molar-refractivity contribution is 7.16. The van der Waals surface area contributed by atoms with Gasteiger partial charge < -0.3 is 10.0 Å². The summed E-state index contributed by atoms with van der Waals surface area (Å²) in [5, 5.41) is 21.4. The van der Waals surface area contributed by atoms with Gasteiger partial charge >= 0.3 is 5.69 Å². The molecule has 1 N–H and O–H groups in total. The lowest BCUT2D eigenvalue weighted by molar-refractivity contribution is -0.383. The first-order valence-electron chi connectivity index (χ1n) is 6.74. The molecule has 2 atom stereocenters. The summed E-state index contributed by atoms with van der Waals surface area (Å²) in [5.41, 5.74) is 0.137. The highest BCUT2D eigenvalue weighted by Gasteiger charge is 2.30. The van der Waals surface area contributed by atoms with Crippen LogP contribution in [-0.4, -0.2) is 23.1 Å². The number of aliphatic hydroxyl groups excluding tert-OH is 1. The molecule has 1 saturated heterocycles. The Morgan fingerprint density at radius 3 is 3.00 bits per heavy atom. The third-order valence-corrected chi connectivity index (χ3v) is 4.95. The Bertz CT molecular complexity index is 459. The molecule has 1 aromatic heterocycles. The maximum atomic E-state index is 11.1. The molecule has 0 amide bonds. The largest absolute Gasteiger partial charge is 0.388 e. The molecule has 2 rings (SSSR count). The number of nitrogens with zero attached hydrogens (tertiary/aromatic N) is 2. The fourth-order valence-electron chi connectivity index (χ4n) is 2.61. The van der Waals surface area contributed by atoms with Gasteiger partial charge in [0.15, 0.2) is 5.00 Å². The van der Waals surface area contributed by atoms with E-state index in [0.717, 1.165) is 25.9 Å². The highest BCUT2D eigenvalue weighted by Crippen LogP contribution is 2.42. The van der Waals surface area contributed by atoms with Crippen LogP contribution in [0.1, 0.15) is 44.1 Å². The first-order valence-corrected chi connectivity index (χ1v) is 7.55. The van der Waals surface area contributed by atoms with Crippen LogP contribution in [0.3, 0.4) is 0 Å². The van der Waals surface area contributed by atoms with Crippen molar-refractivity contribution in [2.75, 3.05) is 18.0 Å². The first kappa shape index (κ1) is 14.3. The maximum Gasteiger partial charge on any atom is 0.304 e. The standard InChI is InChI=1S/C13H20N2O3S/c1-3-4-10-5-6-14(8-10)13-11(15(17)18)7-12(19-13)9(2)16/h7,9-10,16H,3-6,8H2,1-2H3/t9-,10?/m0/s1. The second kappa shape index (κ2) is 5.88. The number of hydrogen-bond donors (Lipinski definition) is 1. The Morgan fingerprint density at radius 1 is 1.68 bits per heavy atom. The van der Waals surface area contributed by atoms with Gasteiger partial charge in [0, 0.05) is 24.0 Å². The Labute approximate surface area is 117 Å². The zero-order chi connectivity index (χ0) is 14.0. The van der Waals surface area contributed by atoms with Crippen LogP contribution in [0.4, 0.5) is 10.7 Å². The van der Waals surface area contributed by atoms with E-state index in [1.54, 1.807) is 6.92 Å². The van der Waals surface area contributed by atoms with E-state index < -0.39 is 6.10 Å². The van der Waals surface area contributed by atoms with Crippen LogP contribution in [0.2, 0.25) is 0 Å². The molecule has 19 heavy (non-hydrogen) atoms. The van der Waals surface area contributed by atoms with Crippen LogP contribution in [0.5, 0.6) is 0 Å². The van der Waals surface area contributed by atoms with Gasteiger partial charge in [-0.2, -0.15) is 0 Å². The molecule has 0 aliphatic carbocycles. The van der Waals surface area contributed by atoms with Gasteiger partial charge in [-0.25, -0.2) is 0 Å². The first-order chi connectivity index (χ1) is 9.02. The zero-order valence-corrected chi connectivity index (χ0v) is 12.2. The molecule has 6 heteroatoms. The topological polar surface area (TPSA) is 66.6 Å². The molecular weight excluding hydrogens is 264 g/mol. The molecular formula is C13H20N2O3S. The van der Waals surface area contributed by atoms with Gasteiger partial charge in [-0.05, 0) is 25.7 Å². The van der Waals surface area contributed by atoms with Crippen molar-refractivity contribution in [1.82, 2.24) is 0 Å².